The van der Waals surface area contributed by atoms with Crippen molar-refractivity contribution < 1.29 is 9.13 Å². The van der Waals surface area contributed by atoms with Crippen LogP contribution in [0.1, 0.15) is 16.7 Å². The fourth-order valence-corrected chi connectivity index (χ4v) is 1.93. The average Bonchev–Trinajstić information content (AvgIpc) is 2.46. The molecule has 0 unspecified atom stereocenters. The van der Waals surface area contributed by atoms with E-state index in [1.807, 2.05) is 31.2 Å². The van der Waals surface area contributed by atoms with Crippen LogP contribution < -0.4 is 5.73 Å². The highest BCUT2D eigenvalue weighted by Crippen LogP contribution is 2.14. The van der Waals surface area contributed by atoms with Crippen LogP contribution in [-0.4, -0.2) is 5.90 Å². The Hall–Kier alpha value is -2.62. The first kappa shape index (κ1) is 14.8. The van der Waals surface area contributed by atoms with E-state index >= 15 is 0 Å². The molecule has 0 aromatic heterocycles. The van der Waals surface area contributed by atoms with E-state index in [-0.39, 0.29) is 18.3 Å². The maximum atomic E-state index is 13.4. The van der Waals surface area contributed by atoms with Gasteiger partial charge in [-0.15, -0.1) is 0 Å². The molecule has 4 heteroatoms. The quantitative estimate of drug-likeness (QED) is 0.665. The molecule has 0 fully saturated rings. The van der Waals surface area contributed by atoms with E-state index in [1.54, 1.807) is 18.2 Å². The number of nitrogens with two attached hydrogens (primary N) is 1. The number of hydrogen-bond acceptors (Lipinski definition) is 3. The number of hydrogen-bond donors (Lipinski definition) is 2. The van der Waals surface area contributed by atoms with Gasteiger partial charge in [-0.3, -0.25) is 5.41 Å². The summed E-state index contributed by atoms with van der Waals surface area (Å²) in [7, 11) is 0. The highest BCUT2D eigenvalue weighted by molar-refractivity contribution is 5.92. The maximum Gasteiger partial charge on any atom is 0.208 e. The van der Waals surface area contributed by atoms with Gasteiger partial charge in [-0.2, -0.15) is 0 Å². The van der Waals surface area contributed by atoms with Crippen LogP contribution in [0.3, 0.4) is 0 Å². The van der Waals surface area contributed by atoms with E-state index in [0.29, 0.717) is 11.3 Å². The molecular weight excluding hydrogens is 267 g/mol. The van der Waals surface area contributed by atoms with E-state index in [2.05, 4.69) is 0 Å². The first-order valence-electron chi connectivity index (χ1n) is 6.56. The second kappa shape index (κ2) is 6.70. The van der Waals surface area contributed by atoms with E-state index in [1.165, 1.54) is 12.1 Å². The van der Waals surface area contributed by atoms with Crippen molar-refractivity contribution >= 4 is 11.6 Å². The lowest BCUT2D eigenvalue weighted by Gasteiger charge is -2.08. The first-order chi connectivity index (χ1) is 10.1. The minimum atomic E-state index is -0.346. The molecule has 0 amide bonds. The van der Waals surface area contributed by atoms with Crippen molar-refractivity contribution in [2.75, 3.05) is 0 Å². The van der Waals surface area contributed by atoms with Crippen molar-refractivity contribution in [2.24, 2.45) is 5.73 Å². The lowest BCUT2D eigenvalue weighted by Crippen LogP contribution is -2.06. The Bertz CT molecular complexity index is 680. The van der Waals surface area contributed by atoms with Crippen LogP contribution in [0.25, 0.3) is 5.70 Å². The summed E-state index contributed by atoms with van der Waals surface area (Å²) in [5.41, 5.74) is 8.70. The van der Waals surface area contributed by atoms with Crippen molar-refractivity contribution in [3.63, 3.8) is 0 Å². The molecule has 0 heterocycles. The summed E-state index contributed by atoms with van der Waals surface area (Å²) >= 11 is 0. The van der Waals surface area contributed by atoms with Crippen molar-refractivity contribution in [1.29, 1.82) is 5.41 Å². The monoisotopic (exact) mass is 284 g/mol. The molecule has 108 valence electrons. The normalized spacial score (nSPS) is 11.2. The summed E-state index contributed by atoms with van der Waals surface area (Å²) in [5, 5.41) is 7.76. The minimum absolute atomic E-state index is 0.00303. The van der Waals surface area contributed by atoms with E-state index < -0.39 is 0 Å². The number of nitrogens with one attached hydrogen (secondary N) is 1. The van der Waals surface area contributed by atoms with E-state index in [9.17, 15) is 4.39 Å². The van der Waals surface area contributed by atoms with Gasteiger partial charge >= 0.3 is 0 Å². The van der Waals surface area contributed by atoms with Gasteiger partial charge < -0.3 is 10.5 Å². The third kappa shape index (κ3) is 3.92. The number of rotatable bonds is 4. The van der Waals surface area contributed by atoms with Gasteiger partial charge in [0.05, 0.1) is 0 Å². The molecule has 0 spiro atoms. The molecule has 2 aromatic carbocycles. The van der Waals surface area contributed by atoms with Gasteiger partial charge in [0.2, 0.25) is 5.90 Å². The summed E-state index contributed by atoms with van der Waals surface area (Å²) in [6, 6.07) is 13.9. The van der Waals surface area contributed by atoms with Crippen molar-refractivity contribution in [3.8, 4) is 0 Å². The molecule has 0 saturated heterocycles. The molecule has 0 radical (unpaired) electrons. The molecule has 0 aliphatic rings. The minimum Gasteiger partial charge on any atom is -0.473 e. The van der Waals surface area contributed by atoms with Crippen LogP contribution in [0.4, 0.5) is 4.39 Å². The molecule has 2 aromatic rings. The predicted molar refractivity (Wildman–Crippen MR) is 82.3 cm³/mol. The maximum absolute atomic E-state index is 13.4. The number of halogens is 1. The zero-order chi connectivity index (χ0) is 15.2. The van der Waals surface area contributed by atoms with Gasteiger partial charge in [0.25, 0.3) is 0 Å². The topological polar surface area (TPSA) is 59.1 Å². The zero-order valence-electron chi connectivity index (χ0n) is 11.8. The molecule has 0 aliphatic heterocycles. The van der Waals surface area contributed by atoms with Crippen LogP contribution >= 0.6 is 0 Å². The Morgan fingerprint density at radius 1 is 1.19 bits per heavy atom. The molecule has 0 aliphatic carbocycles. The molecular formula is C17H17FN2O. The van der Waals surface area contributed by atoms with Crippen molar-refractivity contribution in [1.82, 2.24) is 0 Å². The summed E-state index contributed by atoms with van der Waals surface area (Å²) in [5.74, 6) is -0.444. The Balaban J connectivity index is 2.03. The van der Waals surface area contributed by atoms with Gasteiger partial charge in [0.1, 0.15) is 12.4 Å². The summed E-state index contributed by atoms with van der Waals surface area (Å²) in [6.07, 6.45) is 1.43. The summed E-state index contributed by atoms with van der Waals surface area (Å²) in [6.45, 7) is 1.95. The third-order valence-corrected chi connectivity index (χ3v) is 3.08. The second-order valence-electron chi connectivity index (χ2n) is 4.66. The third-order valence-electron chi connectivity index (χ3n) is 3.08. The van der Waals surface area contributed by atoms with Crippen molar-refractivity contribution in [3.05, 3.63) is 77.1 Å². The number of ether oxygens (including phenoxy) is 1. The number of aryl methyl sites for hydroxylation is 1. The summed E-state index contributed by atoms with van der Waals surface area (Å²) in [4.78, 5) is 0. The molecule has 3 N–H and O–H groups in total. The SMILES string of the molecule is Cc1ccccc1/C(N)=C/C(=N)OCc1ccccc1F. The molecule has 0 bridgehead atoms. The van der Waals surface area contributed by atoms with Crippen LogP contribution in [0.2, 0.25) is 0 Å². The first-order valence-corrected chi connectivity index (χ1v) is 6.56. The van der Waals surface area contributed by atoms with Gasteiger partial charge in [-0.1, -0.05) is 42.5 Å². The van der Waals surface area contributed by atoms with Crippen LogP contribution in [0, 0.1) is 18.2 Å². The smallest absolute Gasteiger partial charge is 0.208 e. The van der Waals surface area contributed by atoms with Gasteiger partial charge in [0.15, 0.2) is 0 Å². The standard InChI is InChI=1S/C17H17FN2O/c1-12-6-2-4-8-14(12)16(19)10-17(20)21-11-13-7-3-5-9-15(13)18/h2-10,20H,11,19H2,1H3/b16-10-,20-17?. The van der Waals surface area contributed by atoms with E-state index in [0.717, 1.165) is 11.1 Å². The molecule has 0 atom stereocenters. The van der Waals surface area contributed by atoms with Gasteiger partial charge in [0, 0.05) is 22.9 Å². The molecule has 0 saturated carbocycles. The highest BCUT2D eigenvalue weighted by atomic mass is 19.1. The fourth-order valence-electron chi connectivity index (χ4n) is 1.93. The average molecular weight is 284 g/mol. The van der Waals surface area contributed by atoms with Gasteiger partial charge in [-0.25, -0.2) is 4.39 Å². The second-order valence-corrected chi connectivity index (χ2v) is 4.66. The Labute approximate surface area is 123 Å². The van der Waals surface area contributed by atoms with Crippen LogP contribution in [0.15, 0.2) is 54.6 Å². The molecule has 3 nitrogen and oxygen atoms in total. The largest absolute Gasteiger partial charge is 0.473 e. The van der Waals surface area contributed by atoms with Crippen LogP contribution in [-0.2, 0) is 11.3 Å². The highest BCUT2D eigenvalue weighted by Gasteiger charge is 2.05. The summed E-state index contributed by atoms with van der Waals surface area (Å²) < 4.78 is 18.7. The zero-order valence-corrected chi connectivity index (χ0v) is 11.8. The van der Waals surface area contributed by atoms with Crippen molar-refractivity contribution in [2.45, 2.75) is 13.5 Å². The Morgan fingerprint density at radius 3 is 2.57 bits per heavy atom. The Kier molecular flexibility index (Phi) is 4.72. The van der Waals surface area contributed by atoms with E-state index in [4.69, 9.17) is 15.9 Å². The Morgan fingerprint density at radius 2 is 1.86 bits per heavy atom. The molecule has 21 heavy (non-hydrogen) atoms. The lowest BCUT2D eigenvalue weighted by atomic mass is 10.1. The lowest BCUT2D eigenvalue weighted by molar-refractivity contribution is 0.286. The van der Waals surface area contributed by atoms with Gasteiger partial charge in [-0.05, 0) is 18.6 Å². The fraction of sp³-hybridized carbons (Fsp3) is 0.118. The predicted octanol–water partition coefficient (Wildman–Crippen LogP) is 3.63. The number of benzene rings is 2. The molecule has 2 rings (SSSR count). The van der Waals surface area contributed by atoms with Crippen LogP contribution in [0.5, 0.6) is 0 Å².